The van der Waals surface area contributed by atoms with Gasteiger partial charge in [0.25, 0.3) is 0 Å². The summed E-state index contributed by atoms with van der Waals surface area (Å²) in [5.74, 6) is -0.431. The van der Waals surface area contributed by atoms with Crippen LogP contribution in [0.2, 0.25) is 0 Å². The molecule has 0 aliphatic heterocycles. The first-order valence-electron chi connectivity index (χ1n) is 3.74. The number of carbonyl (C=O) groups excluding carboxylic acids is 1. The van der Waals surface area contributed by atoms with Gasteiger partial charge in [-0.25, -0.2) is 4.79 Å². The summed E-state index contributed by atoms with van der Waals surface area (Å²) in [4.78, 5) is 10.6. The van der Waals surface area contributed by atoms with Gasteiger partial charge in [-0.15, -0.1) is 0 Å². The molecule has 12 heavy (non-hydrogen) atoms. The molecule has 0 heterocycles. The van der Waals surface area contributed by atoms with Gasteiger partial charge in [-0.1, -0.05) is 6.58 Å². The molecule has 0 saturated carbocycles. The quantitative estimate of drug-likeness (QED) is 0.270. The fourth-order valence-electron chi connectivity index (χ4n) is 0.633. The Morgan fingerprint density at radius 1 is 1.67 bits per heavy atom. The molecule has 0 unspecified atom stereocenters. The van der Waals surface area contributed by atoms with Crippen LogP contribution in [0.25, 0.3) is 0 Å². The first kappa shape index (κ1) is 11.1. The minimum atomic E-state index is -0.431. The lowest BCUT2D eigenvalue weighted by molar-refractivity contribution is -0.907. The van der Waals surface area contributed by atoms with Gasteiger partial charge in [-0.2, -0.15) is 0 Å². The van der Waals surface area contributed by atoms with Crippen LogP contribution in [0.4, 0.5) is 0 Å². The van der Waals surface area contributed by atoms with Gasteiger partial charge in [-0.05, 0) is 0 Å². The Bertz CT molecular complexity index is 166. The van der Waals surface area contributed by atoms with Gasteiger partial charge in [0.2, 0.25) is 6.73 Å². The number of quaternary nitrogens is 1. The van der Waals surface area contributed by atoms with Crippen LogP contribution >= 0.6 is 0 Å². The summed E-state index contributed by atoms with van der Waals surface area (Å²) in [7, 11) is 3.74. The van der Waals surface area contributed by atoms with Crippen molar-refractivity contribution >= 4 is 5.97 Å². The summed E-state index contributed by atoms with van der Waals surface area (Å²) in [5.41, 5.74) is 0. The third-order valence-corrected chi connectivity index (χ3v) is 1.43. The van der Waals surface area contributed by atoms with E-state index in [1.54, 1.807) is 0 Å². The number of esters is 1. The van der Waals surface area contributed by atoms with Crippen molar-refractivity contribution in [3.05, 3.63) is 12.7 Å². The molecular weight excluding hydrogens is 158 g/mol. The van der Waals surface area contributed by atoms with Crippen molar-refractivity contribution in [3.63, 3.8) is 0 Å². The Hall–Kier alpha value is -0.870. The molecule has 0 aliphatic carbocycles. The zero-order valence-corrected chi connectivity index (χ0v) is 7.62. The Kier molecular flexibility index (Phi) is 4.54. The van der Waals surface area contributed by atoms with E-state index < -0.39 is 5.97 Å². The topological polar surface area (TPSA) is 46.5 Å². The Morgan fingerprint density at radius 3 is 2.67 bits per heavy atom. The summed E-state index contributed by atoms with van der Waals surface area (Å²) < 4.78 is 5.27. The van der Waals surface area contributed by atoms with Crippen molar-refractivity contribution in [2.24, 2.45) is 0 Å². The third-order valence-electron chi connectivity index (χ3n) is 1.43. The summed E-state index contributed by atoms with van der Waals surface area (Å²) >= 11 is 0. The van der Waals surface area contributed by atoms with E-state index in [2.05, 4.69) is 6.58 Å². The average molecular weight is 174 g/mol. The van der Waals surface area contributed by atoms with Gasteiger partial charge in [-0.3, -0.25) is 4.48 Å². The monoisotopic (exact) mass is 174 g/mol. The maximum absolute atomic E-state index is 10.6. The second-order valence-electron chi connectivity index (χ2n) is 3.18. The minimum absolute atomic E-state index is 0.0820. The molecule has 0 fully saturated rings. The van der Waals surface area contributed by atoms with E-state index in [1.165, 1.54) is 0 Å². The van der Waals surface area contributed by atoms with E-state index in [9.17, 15) is 4.79 Å². The molecule has 0 amide bonds. The largest absolute Gasteiger partial charge is 0.412 e. The predicted molar refractivity (Wildman–Crippen MR) is 45.2 cm³/mol. The van der Waals surface area contributed by atoms with E-state index in [0.29, 0.717) is 11.0 Å². The predicted octanol–water partition coefficient (Wildman–Crippen LogP) is -0.258. The summed E-state index contributed by atoms with van der Waals surface area (Å²) in [5, 5.41) is 8.65. The van der Waals surface area contributed by atoms with Crippen molar-refractivity contribution in [2.45, 2.75) is 0 Å². The van der Waals surface area contributed by atoms with Gasteiger partial charge < -0.3 is 9.84 Å². The van der Waals surface area contributed by atoms with Gasteiger partial charge in [0.1, 0.15) is 6.54 Å². The van der Waals surface area contributed by atoms with Gasteiger partial charge in [0, 0.05) is 6.08 Å². The fraction of sp³-hybridized carbons (Fsp3) is 0.625. The normalized spacial score (nSPS) is 10.9. The lowest BCUT2D eigenvalue weighted by Crippen LogP contribution is -2.44. The van der Waals surface area contributed by atoms with Crippen LogP contribution in [0.15, 0.2) is 12.7 Å². The van der Waals surface area contributed by atoms with Gasteiger partial charge in [0.15, 0.2) is 0 Å². The molecule has 4 heteroatoms. The molecule has 4 nitrogen and oxygen atoms in total. The highest BCUT2D eigenvalue weighted by molar-refractivity contribution is 5.81. The van der Waals surface area contributed by atoms with Crippen molar-refractivity contribution in [1.29, 1.82) is 0 Å². The number of nitrogens with zero attached hydrogens (tertiary/aromatic N) is 1. The van der Waals surface area contributed by atoms with Crippen molar-refractivity contribution < 1.29 is 19.1 Å². The first-order chi connectivity index (χ1) is 5.52. The molecule has 0 aliphatic rings. The molecule has 0 rings (SSSR count). The smallest absolute Gasteiger partial charge is 0.334 e. The molecule has 1 N–H and O–H groups in total. The Labute approximate surface area is 72.6 Å². The second-order valence-corrected chi connectivity index (χ2v) is 3.18. The zero-order chi connectivity index (χ0) is 9.61. The standard InChI is InChI=1S/C8H16NO3/c1-4-8(11)12-7-9(2,3)5-6-10/h4,10H,1,5-7H2,2-3H3/q+1. The molecule has 0 atom stereocenters. The Balaban J connectivity index is 3.74. The molecule has 0 aromatic carbocycles. The number of ether oxygens (including phenoxy) is 1. The summed E-state index contributed by atoms with van der Waals surface area (Å²) in [6.45, 7) is 4.17. The maximum Gasteiger partial charge on any atom is 0.334 e. The van der Waals surface area contributed by atoms with E-state index in [0.717, 1.165) is 6.08 Å². The number of hydrogen-bond acceptors (Lipinski definition) is 3. The summed E-state index contributed by atoms with van der Waals surface area (Å²) in [6, 6.07) is 0. The summed E-state index contributed by atoms with van der Waals surface area (Å²) in [6.07, 6.45) is 1.12. The highest BCUT2D eigenvalue weighted by Gasteiger charge is 2.15. The number of hydrogen-bond donors (Lipinski definition) is 1. The number of carbonyl (C=O) groups is 1. The van der Waals surface area contributed by atoms with E-state index in [4.69, 9.17) is 9.84 Å². The highest BCUT2D eigenvalue weighted by atomic mass is 16.5. The maximum atomic E-state index is 10.6. The van der Waals surface area contributed by atoms with Crippen molar-refractivity contribution in [1.82, 2.24) is 0 Å². The molecule has 0 radical (unpaired) electrons. The van der Waals surface area contributed by atoms with E-state index in [-0.39, 0.29) is 13.3 Å². The average Bonchev–Trinajstić information content (AvgIpc) is 2.00. The van der Waals surface area contributed by atoms with E-state index >= 15 is 0 Å². The van der Waals surface area contributed by atoms with Crippen LogP contribution in [0.1, 0.15) is 0 Å². The molecule has 70 valence electrons. The fourth-order valence-corrected chi connectivity index (χ4v) is 0.633. The molecule has 0 spiro atoms. The van der Waals surface area contributed by atoms with Crippen LogP contribution in [0, 0.1) is 0 Å². The minimum Gasteiger partial charge on any atom is -0.412 e. The van der Waals surface area contributed by atoms with Crippen LogP contribution in [0.3, 0.4) is 0 Å². The molecule has 0 saturated heterocycles. The molecule has 0 aromatic heterocycles. The van der Waals surface area contributed by atoms with Crippen LogP contribution in [-0.4, -0.2) is 49.5 Å². The molecule has 0 aromatic rings. The Morgan fingerprint density at radius 2 is 2.25 bits per heavy atom. The number of aliphatic hydroxyl groups excluding tert-OH is 1. The second kappa shape index (κ2) is 4.90. The van der Waals surface area contributed by atoms with Gasteiger partial charge in [0.05, 0.1) is 20.7 Å². The van der Waals surface area contributed by atoms with Crippen molar-refractivity contribution in [3.8, 4) is 0 Å². The third kappa shape index (κ3) is 4.87. The molecule has 0 bridgehead atoms. The zero-order valence-electron chi connectivity index (χ0n) is 7.62. The lowest BCUT2D eigenvalue weighted by Gasteiger charge is -2.27. The number of rotatable bonds is 5. The van der Waals surface area contributed by atoms with Crippen LogP contribution < -0.4 is 0 Å². The van der Waals surface area contributed by atoms with Gasteiger partial charge >= 0.3 is 5.97 Å². The van der Waals surface area contributed by atoms with E-state index in [1.807, 2.05) is 14.1 Å². The van der Waals surface area contributed by atoms with Crippen LogP contribution in [-0.2, 0) is 9.53 Å². The first-order valence-corrected chi connectivity index (χ1v) is 3.74. The highest BCUT2D eigenvalue weighted by Crippen LogP contribution is 1.96. The SMILES string of the molecule is C=CC(=O)OC[N+](C)(C)CCO. The van der Waals surface area contributed by atoms with Crippen molar-refractivity contribution in [2.75, 3.05) is 34.0 Å². The van der Waals surface area contributed by atoms with Crippen LogP contribution in [0.5, 0.6) is 0 Å². The number of aliphatic hydroxyl groups is 1. The molecular formula is C8H16NO3+. The number of likely N-dealkylation sites (N-methyl/N-ethyl adjacent to an activating group) is 1. The lowest BCUT2D eigenvalue weighted by atomic mass is 10.5.